The summed E-state index contributed by atoms with van der Waals surface area (Å²) in [6.07, 6.45) is 6.53. The van der Waals surface area contributed by atoms with E-state index in [1.807, 2.05) is 74.8 Å². The molecule has 1 atom stereocenters. The van der Waals surface area contributed by atoms with Crippen molar-refractivity contribution >= 4 is 16.7 Å². The van der Waals surface area contributed by atoms with Crippen LogP contribution < -0.4 is 10.9 Å². The number of aromatic nitrogens is 5. The van der Waals surface area contributed by atoms with Crippen LogP contribution in [-0.2, 0) is 7.05 Å². The van der Waals surface area contributed by atoms with Gasteiger partial charge in [0.2, 0.25) is 0 Å². The van der Waals surface area contributed by atoms with E-state index in [0.29, 0.717) is 28.0 Å². The van der Waals surface area contributed by atoms with E-state index in [4.69, 9.17) is 0 Å². The molecular weight excluding hydrogens is 464 g/mol. The molecule has 2 aromatic carbocycles. The Morgan fingerprint density at radius 1 is 1.03 bits per heavy atom. The van der Waals surface area contributed by atoms with Gasteiger partial charge in [-0.2, -0.15) is 5.10 Å². The van der Waals surface area contributed by atoms with Crippen LogP contribution in [0.4, 0.5) is 0 Å². The Morgan fingerprint density at radius 3 is 2.54 bits per heavy atom. The van der Waals surface area contributed by atoms with Gasteiger partial charge in [0.1, 0.15) is 5.69 Å². The lowest BCUT2D eigenvalue weighted by Crippen LogP contribution is -2.33. The second-order valence-corrected chi connectivity index (χ2v) is 8.65. The third-order valence-electron chi connectivity index (χ3n) is 6.02. The maximum absolute atomic E-state index is 14.0. The summed E-state index contributed by atoms with van der Waals surface area (Å²) in [4.78, 5) is 35.4. The SMILES string of the molecule is Cc1nccnc1C(=O)NC(C)c1cc2cccc(C#Cc3cnn(C)c3)c2c(=O)n1-c1ccccc1. The fourth-order valence-electron chi connectivity index (χ4n) is 4.24. The molecule has 5 aromatic rings. The van der Waals surface area contributed by atoms with Gasteiger partial charge < -0.3 is 5.32 Å². The van der Waals surface area contributed by atoms with Gasteiger partial charge in [0.15, 0.2) is 0 Å². The molecule has 0 saturated heterocycles. The molecule has 1 unspecified atom stereocenters. The van der Waals surface area contributed by atoms with Crippen LogP contribution in [0.5, 0.6) is 0 Å². The van der Waals surface area contributed by atoms with Gasteiger partial charge in [0.25, 0.3) is 11.5 Å². The van der Waals surface area contributed by atoms with E-state index < -0.39 is 6.04 Å². The van der Waals surface area contributed by atoms with Crippen LogP contribution in [0.25, 0.3) is 16.5 Å². The highest BCUT2D eigenvalue weighted by Crippen LogP contribution is 2.23. The van der Waals surface area contributed by atoms with E-state index >= 15 is 0 Å². The lowest BCUT2D eigenvalue weighted by atomic mass is 10.0. The average molecular weight is 489 g/mol. The Morgan fingerprint density at radius 2 is 1.81 bits per heavy atom. The number of nitrogens with one attached hydrogen (secondary N) is 1. The van der Waals surface area contributed by atoms with Crippen molar-refractivity contribution in [2.75, 3.05) is 0 Å². The van der Waals surface area contributed by atoms with Crippen LogP contribution in [-0.4, -0.2) is 30.2 Å². The summed E-state index contributed by atoms with van der Waals surface area (Å²) in [7, 11) is 1.83. The van der Waals surface area contributed by atoms with Crippen molar-refractivity contribution in [2.24, 2.45) is 7.05 Å². The van der Waals surface area contributed by atoms with Crippen LogP contribution in [0, 0.1) is 18.8 Å². The third-order valence-corrected chi connectivity index (χ3v) is 6.02. The van der Waals surface area contributed by atoms with Gasteiger partial charge in [-0.05, 0) is 43.5 Å². The first-order valence-corrected chi connectivity index (χ1v) is 11.8. The van der Waals surface area contributed by atoms with Crippen LogP contribution in [0.15, 0.2) is 84.2 Å². The first kappa shape index (κ1) is 23.7. The molecule has 0 radical (unpaired) electrons. The summed E-state index contributed by atoms with van der Waals surface area (Å²) >= 11 is 0. The number of para-hydroxylation sites is 1. The van der Waals surface area contributed by atoms with Crippen molar-refractivity contribution in [3.8, 4) is 17.5 Å². The molecule has 0 aliphatic carbocycles. The molecule has 3 heterocycles. The monoisotopic (exact) mass is 488 g/mol. The van der Waals surface area contributed by atoms with Gasteiger partial charge in [-0.15, -0.1) is 0 Å². The van der Waals surface area contributed by atoms with E-state index in [-0.39, 0.29) is 17.2 Å². The van der Waals surface area contributed by atoms with Crippen LogP contribution in [0.3, 0.4) is 0 Å². The Labute approximate surface area is 213 Å². The van der Waals surface area contributed by atoms with Crippen molar-refractivity contribution in [3.05, 3.63) is 118 Å². The van der Waals surface area contributed by atoms with Gasteiger partial charge >= 0.3 is 0 Å². The lowest BCUT2D eigenvalue weighted by Gasteiger charge is -2.21. The number of carbonyl (C=O) groups excluding carboxylic acids is 1. The summed E-state index contributed by atoms with van der Waals surface area (Å²) in [5.74, 6) is 5.88. The van der Waals surface area contributed by atoms with Gasteiger partial charge in [0.05, 0.1) is 28.9 Å². The number of benzene rings is 2. The predicted molar refractivity (Wildman–Crippen MR) is 141 cm³/mol. The molecule has 0 aliphatic rings. The Bertz CT molecular complexity index is 1740. The van der Waals surface area contributed by atoms with Crippen molar-refractivity contribution in [1.82, 2.24) is 29.6 Å². The molecule has 0 fully saturated rings. The fraction of sp³-hybridized carbons (Fsp3) is 0.138. The van der Waals surface area contributed by atoms with E-state index in [0.717, 1.165) is 10.9 Å². The van der Waals surface area contributed by atoms with E-state index in [9.17, 15) is 9.59 Å². The summed E-state index contributed by atoms with van der Waals surface area (Å²) < 4.78 is 3.31. The number of hydrogen-bond acceptors (Lipinski definition) is 5. The van der Waals surface area contributed by atoms with Gasteiger partial charge in [-0.25, -0.2) is 4.98 Å². The topological polar surface area (TPSA) is 94.7 Å². The Balaban J connectivity index is 1.65. The number of amides is 1. The van der Waals surface area contributed by atoms with Crippen LogP contribution >= 0.6 is 0 Å². The minimum atomic E-state index is -0.503. The van der Waals surface area contributed by atoms with E-state index in [2.05, 4.69) is 32.2 Å². The first-order valence-electron chi connectivity index (χ1n) is 11.8. The normalized spacial score (nSPS) is 11.5. The van der Waals surface area contributed by atoms with Gasteiger partial charge in [-0.3, -0.25) is 23.8 Å². The molecule has 1 N–H and O–H groups in total. The number of carbonyl (C=O) groups is 1. The highest BCUT2D eigenvalue weighted by atomic mass is 16.2. The number of rotatable bonds is 4. The maximum atomic E-state index is 14.0. The molecule has 0 spiro atoms. The molecule has 0 aliphatic heterocycles. The predicted octanol–water partition coefficient (Wildman–Crippen LogP) is 3.71. The zero-order chi connectivity index (χ0) is 25.9. The minimum absolute atomic E-state index is 0.216. The first-order chi connectivity index (χ1) is 17.9. The highest BCUT2D eigenvalue weighted by Gasteiger charge is 2.21. The quantitative estimate of drug-likeness (QED) is 0.389. The third kappa shape index (κ3) is 4.75. The molecule has 0 bridgehead atoms. The number of hydrogen-bond donors (Lipinski definition) is 1. The van der Waals surface area contributed by atoms with Crippen molar-refractivity contribution in [3.63, 3.8) is 0 Å². The van der Waals surface area contributed by atoms with Crippen LogP contribution in [0.2, 0.25) is 0 Å². The molecular formula is C29H24N6O2. The number of nitrogens with zero attached hydrogens (tertiary/aromatic N) is 5. The summed E-state index contributed by atoms with van der Waals surface area (Å²) in [5.41, 5.74) is 3.27. The summed E-state index contributed by atoms with van der Waals surface area (Å²) in [6, 6.07) is 16.4. The molecule has 37 heavy (non-hydrogen) atoms. The molecule has 3 aromatic heterocycles. The smallest absolute Gasteiger partial charge is 0.272 e. The fourth-order valence-corrected chi connectivity index (χ4v) is 4.24. The average Bonchev–Trinajstić information content (AvgIpc) is 3.32. The summed E-state index contributed by atoms with van der Waals surface area (Å²) in [6.45, 7) is 3.58. The van der Waals surface area contributed by atoms with E-state index in [1.54, 1.807) is 28.6 Å². The standard InChI is InChI=1S/C29H24N6O2/c1-19(33-28(36)27-20(2)30-14-15-31-27)25-16-23-9-7-8-22(13-12-21-17-32-34(3)18-21)26(23)29(37)35(25)24-10-5-4-6-11-24/h4-11,14-19H,1-3H3,(H,33,36). The van der Waals surface area contributed by atoms with E-state index in [1.165, 1.54) is 6.20 Å². The number of pyridine rings is 1. The van der Waals surface area contributed by atoms with Gasteiger partial charge in [0, 0.05) is 42.6 Å². The molecule has 0 saturated carbocycles. The largest absolute Gasteiger partial charge is 0.343 e. The number of aryl methyl sites for hydroxylation is 2. The van der Waals surface area contributed by atoms with Crippen molar-refractivity contribution in [1.29, 1.82) is 0 Å². The van der Waals surface area contributed by atoms with Gasteiger partial charge in [-0.1, -0.05) is 42.2 Å². The zero-order valence-electron chi connectivity index (χ0n) is 20.6. The number of fused-ring (bicyclic) bond motifs is 1. The highest BCUT2D eigenvalue weighted by molar-refractivity contribution is 5.93. The summed E-state index contributed by atoms with van der Waals surface area (Å²) in [5, 5.41) is 8.38. The molecule has 182 valence electrons. The van der Waals surface area contributed by atoms with Crippen LogP contribution in [0.1, 0.15) is 46.0 Å². The Kier molecular flexibility index (Phi) is 6.35. The Hall–Kier alpha value is -5.03. The molecule has 8 nitrogen and oxygen atoms in total. The van der Waals surface area contributed by atoms with Crippen molar-refractivity contribution in [2.45, 2.75) is 19.9 Å². The second kappa shape index (κ2) is 9.91. The van der Waals surface area contributed by atoms with Crippen molar-refractivity contribution < 1.29 is 4.79 Å². The molecule has 1 amide bonds. The second-order valence-electron chi connectivity index (χ2n) is 8.65. The molecule has 5 rings (SSSR count). The zero-order valence-corrected chi connectivity index (χ0v) is 20.6. The lowest BCUT2D eigenvalue weighted by molar-refractivity contribution is 0.0932. The molecule has 8 heteroatoms. The minimum Gasteiger partial charge on any atom is -0.343 e. The maximum Gasteiger partial charge on any atom is 0.272 e.